The van der Waals surface area contributed by atoms with Crippen molar-refractivity contribution in [1.29, 1.82) is 0 Å². The van der Waals surface area contributed by atoms with Gasteiger partial charge in [-0.2, -0.15) is 11.8 Å². The Morgan fingerprint density at radius 1 is 1.14 bits per heavy atom. The highest BCUT2D eigenvalue weighted by atomic mass is 32.2. The number of nitrogens with one attached hydrogen (secondary N) is 3. The zero-order valence-electron chi connectivity index (χ0n) is 17.6. The lowest BCUT2D eigenvalue weighted by molar-refractivity contribution is -0.123. The molecular weight excluding hydrogens is 384 g/mol. The minimum Gasteiger partial charge on any atom is -0.484 e. The summed E-state index contributed by atoms with van der Waals surface area (Å²) in [4.78, 5) is 16.4. The van der Waals surface area contributed by atoms with Crippen LogP contribution in [0.1, 0.15) is 44.6 Å². The van der Waals surface area contributed by atoms with Crippen LogP contribution in [0.15, 0.2) is 29.3 Å². The van der Waals surface area contributed by atoms with Gasteiger partial charge in [0, 0.05) is 30.4 Å². The Hall–Kier alpha value is -1.89. The van der Waals surface area contributed by atoms with E-state index in [0.717, 1.165) is 49.3 Å². The topological polar surface area (TPSA) is 74.8 Å². The fourth-order valence-electron chi connectivity index (χ4n) is 3.49. The number of hydrogen-bond donors (Lipinski definition) is 3. The average molecular weight is 419 g/mol. The number of carbonyl (C=O) groups is 1. The van der Waals surface area contributed by atoms with Crippen molar-refractivity contribution in [2.45, 2.75) is 62.8 Å². The summed E-state index contributed by atoms with van der Waals surface area (Å²) >= 11 is 1.97. The maximum absolute atomic E-state index is 11.7. The third-order valence-corrected chi connectivity index (χ3v) is 6.40. The van der Waals surface area contributed by atoms with E-state index in [0.29, 0.717) is 12.1 Å². The molecule has 160 valence electrons. The van der Waals surface area contributed by atoms with Crippen molar-refractivity contribution in [3.63, 3.8) is 0 Å². The highest BCUT2D eigenvalue weighted by Crippen LogP contribution is 2.28. The second-order valence-electron chi connectivity index (χ2n) is 7.80. The molecule has 1 amide bonds. The Balaban J connectivity index is 1.40. The summed E-state index contributed by atoms with van der Waals surface area (Å²) in [6, 6.07) is 8.84. The molecule has 2 atom stereocenters. The van der Waals surface area contributed by atoms with Gasteiger partial charge in [0.15, 0.2) is 12.6 Å². The SMILES string of the molecule is CCNC(=NCCc1ccc(OCC(=O)NC2CC2)cc1)NC1CCC(SC)C1. The standard InChI is InChI=1S/C22H34N4O2S/c1-3-23-22(26-18-8-11-20(14-18)29-2)24-13-12-16-4-9-19(10-5-16)28-15-21(27)25-17-6-7-17/h4-5,9-10,17-18,20H,3,6-8,11-15H2,1-2H3,(H,25,27)(H2,23,24,26). The maximum atomic E-state index is 11.7. The van der Waals surface area contributed by atoms with E-state index >= 15 is 0 Å². The van der Waals surface area contributed by atoms with E-state index in [1.165, 1.54) is 24.8 Å². The number of aliphatic imine (C=N–C) groups is 1. The van der Waals surface area contributed by atoms with E-state index in [-0.39, 0.29) is 12.5 Å². The van der Waals surface area contributed by atoms with Crippen molar-refractivity contribution in [1.82, 2.24) is 16.0 Å². The van der Waals surface area contributed by atoms with E-state index in [1.807, 2.05) is 36.0 Å². The monoisotopic (exact) mass is 418 g/mol. The van der Waals surface area contributed by atoms with Crippen LogP contribution in [0.3, 0.4) is 0 Å². The molecule has 0 radical (unpaired) electrons. The van der Waals surface area contributed by atoms with Gasteiger partial charge in [0.2, 0.25) is 0 Å². The van der Waals surface area contributed by atoms with Gasteiger partial charge < -0.3 is 20.7 Å². The number of amides is 1. The lowest BCUT2D eigenvalue weighted by atomic mass is 10.1. The van der Waals surface area contributed by atoms with E-state index in [4.69, 9.17) is 9.73 Å². The first-order valence-electron chi connectivity index (χ1n) is 10.7. The van der Waals surface area contributed by atoms with Crippen LogP contribution < -0.4 is 20.7 Å². The average Bonchev–Trinajstić information content (AvgIpc) is 3.42. The normalized spacial score (nSPS) is 21.7. The molecule has 1 aromatic rings. The van der Waals surface area contributed by atoms with Crippen LogP contribution in [0.2, 0.25) is 0 Å². The highest BCUT2D eigenvalue weighted by molar-refractivity contribution is 7.99. The number of thioether (sulfide) groups is 1. The molecule has 2 aliphatic carbocycles. The van der Waals surface area contributed by atoms with Crippen LogP contribution in [-0.2, 0) is 11.2 Å². The van der Waals surface area contributed by atoms with Crippen molar-refractivity contribution in [2.75, 3.05) is 26.0 Å². The fraction of sp³-hybridized carbons (Fsp3) is 0.636. The van der Waals surface area contributed by atoms with Gasteiger partial charge in [0.05, 0.1) is 0 Å². The first-order chi connectivity index (χ1) is 14.2. The van der Waals surface area contributed by atoms with E-state index in [9.17, 15) is 4.79 Å². The first-order valence-corrected chi connectivity index (χ1v) is 12.0. The molecule has 2 fully saturated rings. The molecule has 0 heterocycles. The van der Waals surface area contributed by atoms with Crippen LogP contribution in [0, 0.1) is 0 Å². The molecular formula is C22H34N4O2S. The van der Waals surface area contributed by atoms with E-state index in [1.54, 1.807) is 0 Å². The number of hydrogen-bond acceptors (Lipinski definition) is 4. The molecule has 0 saturated heterocycles. The van der Waals surface area contributed by atoms with Gasteiger partial charge in [-0.15, -0.1) is 0 Å². The summed E-state index contributed by atoms with van der Waals surface area (Å²) in [5.41, 5.74) is 1.21. The molecule has 6 nitrogen and oxygen atoms in total. The Labute approximate surface area is 178 Å². The van der Waals surface area contributed by atoms with E-state index in [2.05, 4.69) is 29.1 Å². The quantitative estimate of drug-likeness (QED) is 0.402. The molecule has 2 aliphatic rings. The lowest BCUT2D eigenvalue weighted by Crippen LogP contribution is -2.42. The van der Waals surface area contributed by atoms with Gasteiger partial charge in [-0.1, -0.05) is 12.1 Å². The van der Waals surface area contributed by atoms with Crippen LogP contribution in [-0.4, -0.2) is 55.2 Å². The molecule has 0 bridgehead atoms. The molecule has 0 aliphatic heterocycles. The van der Waals surface area contributed by atoms with Crippen molar-refractivity contribution >= 4 is 23.6 Å². The molecule has 3 rings (SSSR count). The Morgan fingerprint density at radius 3 is 2.55 bits per heavy atom. The maximum Gasteiger partial charge on any atom is 0.258 e. The number of benzene rings is 1. The fourth-order valence-corrected chi connectivity index (χ4v) is 4.29. The summed E-state index contributed by atoms with van der Waals surface area (Å²) in [6.45, 7) is 3.78. The minimum absolute atomic E-state index is 0.0412. The molecule has 29 heavy (non-hydrogen) atoms. The van der Waals surface area contributed by atoms with Crippen LogP contribution >= 0.6 is 11.8 Å². The van der Waals surface area contributed by atoms with Gasteiger partial charge in [0.1, 0.15) is 5.75 Å². The third-order valence-electron chi connectivity index (χ3n) is 5.31. The zero-order valence-corrected chi connectivity index (χ0v) is 18.4. The number of rotatable bonds is 10. The largest absolute Gasteiger partial charge is 0.484 e. The second-order valence-corrected chi connectivity index (χ2v) is 8.94. The van der Waals surface area contributed by atoms with Crippen molar-refractivity contribution in [3.05, 3.63) is 29.8 Å². The van der Waals surface area contributed by atoms with Gasteiger partial charge in [-0.25, -0.2) is 0 Å². The molecule has 0 aromatic heterocycles. The molecule has 1 aromatic carbocycles. The van der Waals surface area contributed by atoms with Crippen LogP contribution in [0.4, 0.5) is 0 Å². The van der Waals surface area contributed by atoms with Gasteiger partial charge in [-0.3, -0.25) is 9.79 Å². The predicted octanol–water partition coefficient (Wildman–Crippen LogP) is 2.73. The number of nitrogens with zero attached hydrogens (tertiary/aromatic N) is 1. The van der Waals surface area contributed by atoms with Crippen LogP contribution in [0.5, 0.6) is 5.75 Å². The summed E-state index contributed by atoms with van der Waals surface area (Å²) in [5, 5.41) is 10.6. The lowest BCUT2D eigenvalue weighted by Gasteiger charge is -2.17. The Bertz CT molecular complexity index is 676. The van der Waals surface area contributed by atoms with Crippen molar-refractivity contribution < 1.29 is 9.53 Å². The van der Waals surface area contributed by atoms with Gasteiger partial charge >= 0.3 is 0 Å². The molecule has 0 spiro atoms. The summed E-state index contributed by atoms with van der Waals surface area (Å²) in [6.07, 6.45) is 8.97. The predicted molar refractivity (Wildman–Crippen MR) is 121 cm³/mol. The third kappa shape index (κ3) is 7.80. The number of guanidine groups is 1. The first kappa shape index (κ1) is 21.8. The van der Waals surface area contributed by atoms with Gasteiger partial charge in [-0.05, 0) is 69.4 Å². The number of carbonyl (C=O) groups excluding carboxylic acids is 1. The summed E-state index contributed by atoms with van der Waals surface area (Å²) < 4.78 is 5.56. The van der Waals surface area contributed by atoms with Crippen molar-refractivity contribution in [3.8, 4) is 5.75 Å². The number of ether oxygens (including phenoxy) is 1. The second kappa shape index (κ2) is 11.3. The smallest absolute Gasteiger partial charge is 0.258 e. The minimum atomic E-state index is -0.0412. The molecule has 2 saturated carbocycles. The van der Waals surface area contributed by atoms with Gasteiger partial charge in [0.25, 0.3) is 5.91 Å². The highest BCUT2D eigenvalue weighted by Gasteiger charge is 2.24. The van der Waals surface area contributed by atoms with Crippen LogP contribution in [0.25, 0.3) is 0 Å². The zero-order chi connectivity index (χ0) is 20.5. The molecule has 3 N–H and O–H groups in total. The summed E-state index contributed by atoms with van der Waals surface area (Å²) in [5.74, 6) is 1.60. The Morgan fingerprint density at radius 2 is 1.90 bits per heavy atom. The Kier molecular flexibility index (Phi) is 8.52. The van der Waals surface area contributed by atoms with Crippen molar-refractivity contribution in [2.24, 2.45) is 4.99 Å². The van der Waals surface area contributed by atoms with E-state index < -0.39 is 0 Å². The molecule has 2 unspecified atom stereocenters. The summed E-state index contributed by atoms with van der Waals surface area (Å²) in [7, 11) is 0. The molecule has 7 heteroatoms.